The molecule has 17 aromatic carbocycles. The lowest BCUT2D eigenvalue weighted by Crippen LogP contribution is -2.10. The van der Waals surface area contributed by atoms with Crippen molar-refractivity contribution < 1.29 is 0 Å². The molecule has 0 heterocycles. The number of hydrogen-bond acceptors (Lipinski definition) is 2. The second-order valence-corrected chi connectivity index (χ2v) is 23.6. The zero-order valence-electron chi connectivity index (χ0n) is 49.4. The van der Waals surface area contributed by atoms with Crippen molar-refractivity contribution in [3.63, 3.8) is 0 Å². The monoisotopic (exact) mass is 1140 g/mol. The third kappa shape index (κ3) is 9.38. The molecule has 17 rings (SSSR count). The van der Waals surface area contributed by atoms with Crippen molar-refractivity contribution in [1.82, 2.24) is 0 Å². The molecule has 17 aromatic rings. The Hall–Kier alpha value is -11.8. The Kier molecular flexibility index (Phi) is 12.9. The van der Waals surface area contributed by atoms with Crippen LogP contribution in [0.5, 0.6) is 0 Å². The van der Waals surface area contributed by atoms with E-state index < -0.39 is 0 Å². The molecule has 0 atom stereocenters. The van der Waals surface area contributed by atoms with Crippen LogP contribution in [0.25, 0.3) is 131 Å². The zero-order valence-corrected chi connectivity index (χ0v) is 49.4. The highest BCUT2D eigenvalue weighted by molar-refractivity contribution is 6.33. The third-order valence-electron chi connectivity index (χ3n) is 18.3. The van der Waals surface area contributed by atoms with Crippen molar-refractivity contribution in [2.24, 2.45) is 0 Å². The molecule has 0 aliphatic carbocycles. The molecule has 0 aliphatic heterocycles. The molecule has 0 bridgehead atoms. The largest absolute Gasteiger partial charge is 0.310 e. The van der Waals surface area contributed by atoms with Gasteiger partial charge in [0.2, 0.25) is 0 Å². The van der Waals surface area contributed by atoms with Crippen molar-refractivity contribution in [3.05, 3.63) is 352 Å². The van der Waals surface area contributed by atoms with E-state index in [-0.39, 0.29) is 0 Å². The number of benzene rings is 17. The first-order valence-electron chi connectivity index (χ1n) is 31.0. The SMILES string of the molecule is c1ccc(-c2ccc3c(c2)c2cc(-c4ccccc4)ccc2c2c(-c4ccc(N(c5ccc6ccccc6c5)c5ccc6ccccc6c5)cc4)c(-c4ccccc4)cc(-c4ccc(N(c5ccc6ccccc6c5)c5ccc6ccccc6c5)cc4)c32)cc1. The Morgan fingerprint density at radius 2 is 0.456 bits per heavy atom. The van der Waals surface area contributed by atoms with Gasteiger partial charge in [-0.05, 0) is 222 Å². The quantitative estimate of drug-likeness (QED) is 0.119. The first-order valence-corrected chi connectivity index (χ1v) is 31.0. The van der Waals surface area contributed by atoms with Gasteiger partial charge in [0, 0.05) is 34.1 Å². The van der Waals surface area contributed by atoms with E-state index in [0.717, 1.165) is 50.8 Å². The summed E-state index contributed by atoms with van der Waals surface area (Å²) in [7, 11) is 0. The molecule has 0 aliphatic rings. The Balaban J connectivity index is 0.924. The highest BCUT2D eigenvalue weighted by atomic mass is 15.1. The molecular weight excluding hydrogens is 1080 g/mol. The van der Waals surface area contributed by atoms with Gasteiger partial charge in [0.15, 0.2) is 0 Å². The minimum absolute atomic E-state index is 1.07. The van der Waals surface area contributed by atoms with E-state index in [4.69, 9.17) is 0 Å². The molecule has 2 heteroatoms. The van der Waals surface area contributed by atoms with Gasteiger partial charge in [-0.15, -0.1) is 0 Å². The topological polar surface area (TPSA) is 6.48 Å². The number of anilines is 6. The summed E-state index contributed by atoms with van der Waals surface area (Å²) < 4.78 is 0. The van der Waals surface area contributed by atoms with E-state index in [1.807, 2.05) is 0 Å². The maximum atomic E-state index is 2.49. The molecule has 0 fully saturated rings. The van der Waals surface area contributed by atoms with Gasteiger partial charge in [-0.1, -0.05) is 261 Å². The Morgan fingerprint density at radius 1 is 0.156 bits per heavy atom. The maximum Gasteiger partial charge on any atom is 0.0468 e. The van der Waals surface area contributed by atoms with Crippen LogP contribution < -0.4 is 9.80 Å². The van der Waals surface area contributed by atoms with Crippen LogP contribution >= 0.6 is 0 Å². The summed E-state index contributed by atoms with van der Waals surface area (Å²) >= 11 is 0. The highest BCUT2D eigenvalue weighted by Gasteiger charge is 2.25. The summed E-state index contributed by atoms with van der Waals surface area (Å²) in [6.45, 7) is 0. The first-order chi connectivity index (χ1) is 44.6. The van der Waals surface area contributed by atoms with Crippen LogP contribution in [0.1, 0.15) is 0 Å². The third-order valence-corrected chi connectivity index (χ3v) is 18.3. The summed E-state index contributed by atoms with van der Waals surface area (Å²) in [5, 5.41) is 16.9. The van der Waals surface area contributed by atoms with Crippen LogP contribution in [0.2, 0.25) is 0 Å². The lowest BCUT2D eigenvalue weighted by Gasteiger charge is -2.27. The number of rotatable bonds is 11. The van der Waals surface area contributed by atoms with E-state index in [2.05, 4.69) is 362 Å². The fourth-order valence-corrected chi connectivity index (χ4v) is 13.9. The van der Waals surface area contributed by atoms with Crippen molar-refractivity contribution in [1.29, 1.82) is 0 Å². The fraction of sp³-hybridized carbons (Fsp3) is 0. The molecule has 420 valence electrons. The predicted molar refractivity (Wildman–Crippen MR) is 386 cm³/mol. The summed E-state index contributed by atoms with van der Waals surface area (Å²) in [6, 6.07) is 130. The minimum atomic E-state index is 1.07. The van der Waals surface area contributed by atoms with Crippen molar-refractivity contribution in [3.8, 4) is 55.6 Å². The van der Waals surface area contributed by atoms with Crippen molar-refractivity contribution in [2.75, 3.05) is 9.80 Å². The van der Waals surface area contributed by atoms with Crippen LogP contribution in [0.4, 0.5) is 34.1 Å². The van der Waals surface area contributed by atoms with Gasteiger partial charge in [0.05, 0.1) is 0 Å². The number of nitrogens with zero attached hydrogens (tertiary/aromatic N) is 2. The Labute approximate surface area is 523 Å². The minimum Gasteiger partial charge on any atom is -0.310 e. The summed E-state index contributed by atoms with van der Waals surface area (Å²) in [5.41, 5.74) is 18.2. The van der Waals surface area contributed by atoms with Gasteiger partial charge in [0.1, 0.15) is 0 Å². The molecule has 0 radical (unpaired) electrons. The lowest BCUT2D eigenvalue weighted by atomic mass is 9.80. The molecule has 0 N–H and O–H groups in total. The van der Waals surface area contributed by atoms with Gasteiger partial charge in [-0.3, -0.25) is 0 Å². The number of fused-ring (bicyclic) bond motifs is 10. The second-order valence-electron chi connectivity index (χ2n) is 23.6. The normalized spacial score (nSPS) is 11.6. The van der Waals surface area contributed by atoms with Crippen molar-refractivity contribution in [2.45, 2.75) is 0 Å². The van der Waals surface area contributed by atoms with Gasteiger partial charge in [-0.25, -0.2) is 0 Å². The smallest absolute Gasteiger partial charge is 0.0468 e. The van der Waals surface area contributed by atoms with Gasteiger partial charge < -0.3 is 9.80 Å². The molecule has 0 saturated heterocycles. The van der Waals surface area contributed by atoms with E-state index in [0.29, 0.717) is 0 Å². The number of hydrogen-bond donors (Lipinski definition) is 0. The van der Waals surface area contributed by atoms with Gasteiger partial charge in [0.25, 0.3) is 0 Å². The first kappa shape index (κ1) is 52.5. The molecule has 2 nitrogen and oxygen atoms in total. The van der Waals surface area contributed by atoms with E-state index >= 15 is 0 Å². The van der Waals surface area contributed by atoms with Crippen LogP contribution in [-0.2, 0) is 0 Å². The molecular formula is C88H58N2. The lowest BCUT2D eigenvalue weighted by molar-refractivity contribution is 1.29. The predicted octanol–water partition coefficient (Wildman–Crippen LogP) is 25.0. The summed E-state index contributed by atoms with van der Waals surface area (Å²) in [4.78, 5) is 4.81. The molecule has 0 spiro atoms. The van der Waals surface area contributed by atoms with Gasteiger partial charge >= 0.3 is 0 Å². The summed E-state index contributed by atoms with van der Waals surface area (Å²) in [6.07, 6.45) is 0. The molecule has 90 heavy (non-hydrogen) atoms. The summed E-state index contributed by atoms with van der Waals surface area (Å²) in [5.74, 6) is 0. The highest BCUT2D eigenvalue weighted by Crippen LogP contribution is 2.51. The Bertz CT molecular complexity index is 5420. The van der Waals surface area contributed by atoms with E-state index in [1.165, 1.54) is 114 Å². The van der Waals surface area contributed by atoms with Crippen LogP contribution in [0.15, 0.2) is 352 Å². The van der Waals surface area contributed by atoms with Gasteiger partial charge in [-0.2, -0.15) is 0 Å². The molecule has 0 aromatic heterocycles. The Morgan fingerprint density at radius 3 is 0.844 bits per heavy atom. The van der Waals surface area contributed by atoms with E-state index in [1.54, 1.807) is 0 Å². The molecule has 0 amide bonds. The average molecular weight is 1140 g/mol. The second kappa shape index (κ2) is 22.1. The maximum absolute atomic E-state index is 2.49. The molecule has 0 unspecified atom stereocenters. The standard InChI is InChI=1S/C88H58N2/c1-4-18-59(19-5-1)72-40-50-80-84(56-72)85-57-73(60-20-6-2-7-21-60)41-51-81(85)88-86(67-38-44-75(45-39-67)90(78-48-34-63-24-12-16-30-70(63)54-78)79-49-35-64-25-13-17-31-71(64)55-79)82(65-26-8-3-9-27-65)58-83(87(80)88)66-36-42-74(43-37-66)89(76-46-32-61-22-10-14-28-68(61)52-76)77-47-33-62-23-11-15-29-69(62)53-77/h1-58H. The zero-order chi connectivity index (χ0) is 59.5. The molecule has 0 saturated carbocycles. The fourth-order valence-electron chi connectivity index (χ4n) is 13.9. The van der Waals surface area contributed by atoms with Crippen LogP contribution in [0, 0.1) is 0 Å². The van der Waals surface area contributed by atoms with Crippen LogP contribution in [-0.4, -0.2) is 0 Å². The van der Waals surface area contributed by atoms with E-state index in [9.17, 15) is 0 Å². The van der Waals surface area contributed by atoms with Crippen molar-refractivity contribution >= 4 is 110 Å². The van der Waals surface area contributed by atoms with Crippen LogP contribution in [0.3, 0.4) is 0 Å². The average Bonchev–Trinajstić information content (AvgIpc) is 0.727.